The maximum Gasteiger partial charge on any atom is 0.261 e. The highest BCUT2D eigenvalue weighted by Gasteiger charge is 2.14. The number of halogens is 1. The minimum atomic E-state index is -3.52. The minimum Gasteiger partial charge on any atom is -0.278 e. The predicted octanol–water partition coefficient (Wildman–Crippen LogP) is 3.25. The van der Waals surface area contributed by atoms with Crippen molar-refractivity contribution < 1.29 is 8.42 Å². The van der Waals surface area contributed by atoms with Crippen molar-refractivity contribution in [1.82, 2.24) is 0 Å². The van der Waals surface area contributed by atoms with Gasteiger partial charge in [0.05, 0.1) is 10.6 Å². The van der Waals surface area contributed by atoms with E-state index in [-0.39, 0.29) is 4.90 Å². The summed E-state index contributed by atoms with van der Waals surface area (Å²) >= 11 is 3.29. The van der Waals surface area contributed by atoms with Crippen LogP contribution in [0.25, 0.3) is 0 Å². The third-order valence-electron chi connectivity index (χ3n) is 2.17. The molecule has 2 rings (SSSR count). The van der Waals surface area contributed by atoms with Crippen molar-refractivity contribution >= 4 is 31.6 Å². The first kappa shape index (κ1) is 12.1. The lowest BCUT2D eigenvalue weighted by Gasteiger charge is -2.09. The van der Waals surface area contributed by atoms with Gasteiger partial charge < -0.3 is 0 Å². The Hall–Kier alpha value is -1.33. The predicted molar refractivity (Wildman–Crippen MR) is 71.4 cm³/mol. The first-order valence-electron chi connectivity index (χ1n) is 4.92. The second kappa shape index (κ2) is 4.89. The van der Waals surface area contributed by atoms with Gasteiger partial charge in [-0.2, -0.15) is 0 Å². The summed E-state index contributed by atoms with van der Waals surface area (Å²) < 4.78 is 27.3. The van der Waals surface area contributed by atoms with Gasteiger partial charge >= 0.3 is 0 Å². The summed E-state index contributed by atoms with van der Waals surface area (Å²) in [6.45, 7) is 0. The lowest BCUT2D eigenvalue weighted by atomic mass is 10.3. The molecule has 0 aliphatic rings. The second-order valence-corrected chi connectivity index (χ2v) is 5.94. The van der Waals surface area contributed by atoms with Crippen LogP contribution in [0.3, 0.4) is 0 Å². The fourth-order valence-electron chi connectivity index (χ4n) is 1.35. The van der Waals surface area contributed by atoms with E-state index in [4.69, 9.17) is 0 Å². The van der Waals surface area contributed by atoms with E-state index in [0.29, 0.717) is 10.2 Å². The van der Waals surface area contributed by atoms with Crippen LogP contribution in [0.15, 0.2) is 64.0 Å². The van der Waals surface area contributed by atoms with Gasteiger partial charge in [-0.25, -0.2) is 8.42 Å². The quantitative estimate of drug-likeness (QED) is 0.945. The molecule has 0 saturated heterocycles. The summed E-state index contributed by atoms with van der Waals surface area (Å²) in [5, 5.41) is 0. The van der Waals surface area contributed by atoms with Crippen LogP contribution in [0.5, 0.6) is 0 Å². The maximum atomic E-state index is 12.0. The monoisotopic (exact) mass is 311 g/mol. The molecule has 88 valence electrons. The number of anilines is 1. The Kier molecular flexibility index (Phi) is 3.49. The molecule has 0 aliphatic heterocycles. The molecule has 0 aromatic heterocycles. The molecule has 0 fully saturated rings. The standard InChI is InChI=1S/C12H10BrNO2S/c13-11-8-4-5-9-12(11)14-17(15,16)10-6-2-1-3-7-10/h1-9,14H. The molecule has 0 heterocycles. The van der Waals surface area contributed by atoms with E-state index < -0.39 is 10.0 Å². The smallest absolute Gasteiger partial charge is 0.261 e. The zero-order valence-electron chi connectivity index (χ0n) is 8.80. The van der Waals surface area contributed by atoms with E-state index in [2.05, 4.69) is 20.7 Å². The zero-order chi connectivity index (χ0) is 12.3. The van der Waals surface area contributed by atoms with E-state index >= 15 is 0 Å². The van der Waals surface area contributed by atoms with Crippen molar-refractivity contribution in [2.24, 2.45) is 0 Å². The first-order chi connectivity index (χ1) is 8.09. The normalized spacial score (nSPS) is 11.1. The molecule has 2 aromatic rings. The van der Waals surface area contributed by atoms with Crippen molar-refractivity contribution in [3.8, 4) is 0 Å². The summed E-state index contributed by atoms with van der Waals surface area (Å²) in [4.78, 5) is 0.246. The molecule has 0 bridgehead atoms. The minimum absolute atomic E-state index is 0.246. The summed E-state index contributed by atoms with van der Waals surface area (Å²) in [5.74, 6) is 0. The highest BCUT2D eigenvalue weighted by atomic mass is 79.9. The van der Waals surface area contributed by atoms with Gasteiger partial charge in [0, 0.05) is 4.47 Å². The van der Waals surface area contributed by atoms with E-state index in [1.54, 1.807) is 48.5 Å². The molecule has 0 unspecified atom stereocenters. The number of hydrogen-bond acceptors (Lipinski definition) is 2. The van der Waals surface area contributed by atoms with Crippen LogP contribution in [0.4, 0.5) is 5.69 Å². The molecule has 0 saturated carbocycles. The van der Waals surface area contributed by atoms with E-state index in [1.165, 1.54) is 0 Å². The van der Waals surface area contributed by atoms with E-state index in [1.807, 2.05) is 6.07 Å². The van der Waals surface area contributed by atoms with Crippen LogP contribution in [0, 0.1) is 0 Å². The summed E-state index contributed by atoms with van der Waals surface area (Å²) in [7, 11) is -3.52. The number of sulfonamides is 1. The van der Waals surface area contributed by atoms with Crippen LogP contribution in [-0.4, -0.2) is 8.42 Å². The molecule has 2 aromatic carbocycles. The van der Waals surface area contributed by atoms with Gasteiger partial charge in [0.2, 0.25) is 0 Å². The molecule has 3 nitrogen and oxygen atoms in total. The number of benzene rings is 2. The Bertz CT molecular complexity index is 611. The highest BCUT2D eigenvalue weighted by Crippen LogP contribution is 2.24. The Morgan fingerprint density at radius 1 is 0.882 bits per heavy atom. The summed E-state index contributed by atoms with van der Waals surface area (Å²) in [6, 6.07) is 15.3. The third-order valence-corrected chi connectivity index (χ3v) is 4.24. The zero-order valence-corrected chi connectivity index (χ0v) is 11.2. The van der Waals surface area contributed by atoms with Gasteiger partial charge in [-0.15, -0.1) is 0 Å². The molecule has 0 spiro atoms. The topological polar surface area (TPSA) is 46.2 Å². The van der Waals surface area contributed by atoms with Gasteiger partial charge in [-0.3, -0.25) is 4.72 Å². The lowest BCUT2D eigenvalue weighted by molar-refractivity contribution is 0.601. The van der Waals surface area contributed by atoms with Crippen molar-refractivity contribution in [3.63, 3.8) is 0 Å². The highest BCUT2D eigenvalue weighted by molar-refractivity contribution is 9.10. The molecule has 0 amide bonds. The SMILES string of the molecule is O=S(=O)(Nc1ccccc1Br)c1ccccc1. The molecule has 0 atom stereocenters. The Morgan fingerprint density at radius 2 is 1.47 bits per heavy atom. The average Bonchev–Trinajstić information content (AvgIpc) is 2.33. The van der Waals surface area contributed by atoms with Crippen LogP contribution in [0.1, 0.15) is 0 Å². The van der Waals surface area contributed by atoms with Gasteiger partial charge in [0.15, 0.2) is 0 Å². The third kappa shape index (κ3) is 2.87. The average molecular weight is 312 g/mol. The lowest BCUT2D eigenvalue weighted by Crippen LogP contribution is -2.12. The summed E-state index contributed by atoms with van der Waals surface area (Å²) in [5.41, 5.74) is 0.524. The van der Waals surface area contributed by atoms with Gasteiger partial charge in [-0.1, -0.05) is 30.3 Å². The Morgan fingerprint density at radius 3 is 2.12 bits per heavy atom. The van der Waals surface area contributed by atoms with Crippen LogP contribution in [0.2, 0.25) is 0 Å². The van der Waals surface area contributed by atoms with Gasteiger partial charge in [0.1, 0.15) is 0 Å². The van der Waals surface area contributed by atoms with Gasteiger partial charge in [-0.05, 0) is 40.2 Å². The molecular weight excluding hydrogens is 302 g/mol. The van der Waals surface area contributed by atoms with Crippen molar-refractivity contribution in [2.45, 2.75) is 4.90 Å². The molecule has 5 heteroatoms. The molecular formula is C12H10BrNO2S. The van der Waals surface area contributed by atoms with E-state index in [0.717, 1.165) is 0 Å². The van der Waals surface area contributed by atoms with Crippen molar-refractivity contribution in [1.29, 1.82) is 0 Å². The van der Waals surface area contributed by atoms with Crippen molar-refractivity contribution in [3.05, 3.63) is 59.1 Å². The Balaban J connectivity index is 2.34. The number of nitrogens with one attached hydrogen (secondary N) is 1. The molecule has 1 N–H and O–H groups in total. The number of para-hydroxylation sites is 1. The molecule has 17 heavy (non-hydrogen) atoms. The fourth-order valence-corrected chi connectivity index (χ4v) is 2.96. The van der Waals surface area contributed by atoms with Crippen LogP contribution >= 0.6 is 15.9 Å². The van der Waals surface area contributed by atoms with Crippen LogP contribution < -0.4 is 4.72 Å². The van der Waals surface area contributed by atoms with Crippen molar-refractivity contribution in [2.75, 3.05) is 4.72 Å². The molecule has 0 aliphatic carbocycles. The first-order valence-corrected chi connectivity index (χ1v) is 7.19. The maximum absolute atomic E-state index is 12.0. The Labute approximate surface area is 109 Å². The second-order valence-electron chi connectivity index (χ2n) is 3.40. The summed E-state index contributed by atoms with van der Waals surface area (Å²) in [6.07, 6.45) is 0. The molecule has 0 radical (unpaired) electrons. The number of rotatable bonds is 3. The fraction of sp³-hybridized carbons (Fsp3) is 0. The van der Waals surface area contributed by atoms with Gasteiger partial charge in [0.25, 0.3) is 10.0 Å². The largest absolute Gasteiger partial charge is 0.278 e. The van der Waals surface area contributed by atoms with Crippen LogP contribution in [-0.2, 0) is 10.0 Å². The van der Waals surface area contributed by atoms with E-state index in [9.17, 15) is 8.42 Å². The number of hydrogen-bond donors (Lipinski definition) is 1.